The lowest BCUT2D eigenvalue weighted by Gasteiger charge is -2.15. The number of carbonyl (C=O) groups is 4. The molecule has 0 aliphatic carbocycles. The van der Waals surface area contributed by atoms with Crippen LogP contribution in [0.4, 0.5) is 0 Å². The predicted octanol–water partition coefficient (Wildman–Crippen LogP) is 0.799. The normalized spacial score (nSPS) is 15.4. The van der Waals surface area contributed by atoms with Crippen LogP contribution >= 0.6 is 0 Å². The fourth-order valence-corrected chi connectivity index (χ4v) is 3.66. The third kappa shape index (κ3) is 4.59. The number of hydrogen-bond donors (Lipinski definition) is 0. The summed E-state index contributed by atoms with van der Waals surface area (Å²) in [6, 6.07) is 4.60. The SMILES string of the molecule is C=CC(=O)OC(C)COC(=O)c1ccc(S(=O)(=O)N2C(=O)CCC2=O)cc1. The van der Waals surface area contributed by atoms with Crippen LogP contribution in [0.5, 0.6) is 0 Å². The summed E-state index contributed by atoms with van der Waals surface area (Å²) in [6.07, 6.45) is -0.0205. The van der Waals surface area contributed by atoms with E-state index >= 15 is 0 Å². The molecule has 1 atom stereocenters. The molecule has 144 valence electrons. The number of esters is 2. The highest BCUT2D eigenvalue weighted by atomic mass is 32.2. The van der Waals surface area contributed by atoms with E-state index in [4.69, 9.17) is 9.47 Å². The van der Waals surface area contributed by atoms with Crippen molar-refractivity contribution in [1.29, 1.82) is 0 Å². The highest BCUT2D eigenvalue weighted by Gasteiger charge is 2.39. The molecule has 10 heteroatoms. The number of rotatable bonds is 7. The predicted molar refractivity (Wildman–Crippen MR) is 90.7 cm³/mol. The minimum absolute atomic E-state index is 0.0512. The number of hydrogen-bond acceptors (Lipinski definition) is 8. The van der Waals surface area contributed by atoms with Crippen LogP contribution in [0.3, 0.4) is 0 Å². The molecule has 2 rings (SSSR count). The van der Waals surface area contributed by atoms with E-state index in [0.29, 0.717) is 0 Å². The molecule has 1 aromatic carbocycles. The number of imide groups is 1. The van der Waals surface area contributed by atoms with Crippen molar-refractivity contribution in [2.24, 2.45) is 0 Å². The van der Waals surface area contributed by atoms with Crippen molar-refractivity contribution >= 4 is 33.8 Å². The number of ether oxygens (including phenoxy) is 2. The number of benzene rings is 1. The highest BCUT2D eigenvalue weighted by Crippen LogP contribution is 2.23. The van der Waals surface area contributed by atoms with E-state index in [-0.39, 0.29) is 34.2 Å². The minimum Gasteiger partial charge on any atom is -0.458 e. The number of nitrogens with zero attached hydrogens (tertiary/aromatic N) is 1. The average molecular weight is 395 g/mol. The average Bonchev–Trinajstić information content (AvgIpc) is 2.98. The van der Waals surface area contributed by atoms with Crippen molar-refractivity contribution in [3.63, 3.8) is 0 Å². The summed E-state index contributed by atoms with van der Waals surface area (Å²) in [6.45, 7) is 4.57. The third-order valence-electron chi connectivity index (χ3n) is 3.57. The van der Waals surface area contributed by atoms with Gasteiger partial charge in [0.05, 0.1) is 10.5 Å². The van der Waals surface area contributed by atoms with Gasteiger partial charge in [-0.3, -0.25) is 9.59 Å². The zero-order valence-corrected chi connectivity index (χ0v) is 15.2. The van der Waals surface area contributed by atoms with E-state index in [9.17, 15) is 27.6 Å². The van der Waals surface area contributed by atoms with Gasteiger partial charge in [-0.15, -0.1) is 0 Å². The molecule has 1 fully saturated rings. The first-order valence-corrected chi connectivity index (χ1v) is 9.32. The zero-order valence-electron chi connectivity index (χ0n) is 14.4. The van der Waals surface area contributed by atoms with Gasteiger partial charge >= 0.3 is 11.9 Å². The quantitative estimate of drug-likeness (QED) is 0.377. The van der Waals surface area contributed by atoms with Crippen molar-refractivity contribution in [3.05, 3.63) is 42.5 Å². The lowest BCUT2D eigenvalue weighted by molar-refractivity contribution is -0.144. The molecule has 27 heavy (non-hydrogen) atoms. The van der Waals surface area contributed by atoms with Gasteiger partial charge in [-0.1, -0.05) is 6.58 Å². The molecule has 0 radical (unpaired) electrons. The minimum atomic E-state index is -4.31. The Kier molecular flexibility index (Phi) is 6.11. The Morgan fingerprint density at radius 1 is 1.19 bits per heavy atom. The van der Waals surface area contributed by atoms with E-state index in [1.165, 1.54) is 19.1 Å². The summed E-state index contributed by atoms with van der Waals surface area (Å²) >= 11 is 0. The molecular formula is C17H17NO8S. The van der Waals surface area contributed by atoms with Crippen LogP contribution in [0.25, 0.3) is 0 Å². The van der Waals surface area contributed by atoms with Gasteiger partial charge < -0.3 is 9.47 Å². The second-order valence-corrected chi connectivity index (χ2v) is 7.42. The maximum Gasteiger partial charge on any atom is 0.338 e. The largest absolute Gasteiger partial charge is 0.458 e. The molecule has 1 aromatic rings. The molecule has 0 saturated carbocycles. The fraction of sp³-hybridized carbons (Fsp3) is 0.294. The number of sulfonamides is 1. The molecule has 2 amide bonds. The van der Waals surface area contributed by atoms with Crippen molar-refractivity contribution < 1.29 is 37.1 Å². The van der Waals surface area contributed by atoms with E-state index in [2.05, 4.69) is 6.58 Å². The van der Waals surface area contributed by atoms with Crippen LogP contribution in [0.1, 0.15) is 30.1 Å². The Morgan fingerprint density at radius 2 is 1.74 bits per heavy atom. The van der Waals surface area contributed by atoms with Crippen LogP contribution in [0.15, 0.2) is 41.8 Å². The topological polar surface area (TPSA) is 124 Å². The Labute approximate surface area is 155 Å². The van der Waals surface area contributed by atoms with Crippen molar-refractivity contribution in [1.82, 2.24) is 4.31 Å². The van der Waals surface area contributed by atoms with Crippen LogP contribution in [-0.2, 0) is 33.9 Å². The van der Waals surface area contributed by atoms with Gasteiger partial charge in [0.25, 0.3) is 10.0 Å². The Morgan fingerprint density at radius 3 is 2.26 bits per heavy atom. The second kappa shape index (κ2) is 8.12. The van der Waals surface area contributed by atoms with E-state index in [1.54, 1.807) is 0 Å². The molecule has 1 aliphatic heterocycles. The molecule has 1 aliphatic rings. The Bertz CT molecular complexity index is 872. The third-order valence-corrected chi connectivity index (χ3v) is 5.32. The Balaban J connectivity index is 2.05. The van der Waals surface area contributed by atoms with E-state index < -0.39 is 39.9 Å². The molecule has 0 bridgehead atoms. The summed E-state index contributed by atoms with van der Waals surface area (Å²) in [5.41, 5.74) is 0.0512. The monoisotopic (exact) mass is 395 g/mol. The maximum atomic E-state index is 12.4. The van der Waals surface area contributed by atoms with E-state index in [0.717, 1.165) is 18.2 Å². The molecular weight excluding hydrogens is 378 g/mol. The maximum absolute atomic E-state index is 12.4. The molecule has 1 unspecified atom stereocenters. The highest BCUT2D eigenvalue weighted by molar-refractivity contribution is 7.90. The number of carbonyl (C=O) groups excluding carboxylic acids is 4. The lowest BCUT2D eigenvalue weighted by atomic mass is 10.2. The van der Waals surface area contributed by atoms with Crippen LogP contribution in [-0.4, -0.2) is 49.2 Å². The summed E-state index contributed by atoms with van der Waals surface area (Å²) in [4.78, 5) is 46.0. The van der Waals surface area contributed by atoms with Crippen molar-refractivity contribution in [2.45, 2.75) is 30.8 Å². The molecule has 1 saturated heterocycles. The van der Waals surface area contributed by atoms with Gasteiger partial charge in [0.15, 0.2) is 0 Å². The van der Waals surface area contributed by atoms with Gasteiger partial charge in [-0.25, -0.2) is 18.0 Å². The van der Waals surface area contributed by atoms with Crippen molar-refractivity contribution in [3.8, 4) is 0 Å². The van der Waals surface area contributed by atoms with Gasteiger partial charge in [-0.2, -0.15) is 4.31 Å². The van der Waals surface area contributed by atoms with Crippen molar-refractivity contribution in [2.75, 3.05) is 6.61 Å². The molecule has 0 spiro atoms. The first-order valence-electron chi connectivity index (χ1n) is 7.88. The summed E-state index contributed by atoms with van der Waals surface area (Å²) in [7, 11) is -4.31. The van der Waals surface area contributed by atoms with E-state index in [1.807, 2.05) is 0 Å². The Hall–Kier alpha value is -3.01. The van der Waals surface area contributed by atoms with Crippen LogP contribution in [0, 0.1) is 0 Å². The number of amides is 2. The van der Waals surface area contributed by atoms with Crippen LogP contribution < -0.4 is 0 Å². The smallest absolute Gasteiger partial charge is 0.338 e. The fourth-order valence-electron chi connectivity index (χ4n) is 2.25. The van der Waals surface area contributed by atoms with Gasteiger partial charge in [0.1, 0.15) is 12.7 Å². The molecule has 0 N–H and O–H groups in total. The van der Waals surface area contributed by atoms with Gasteiger partial charge in [-0.05, 0) is 31.2 Å². The zero-order chi connectivity index (χ0) is 20.2. The summed E-state index contributed by atoms with van der Waals surface area (Å²) in [5, 5.41) is 0. The van der Waals surface area contributed by atoms with Gasteiger partial charge in [0, 0.05) is 18.9 Å². The standard InChI is InChI=1S/C17H17NO8S/c1-3-16(21)26-11(2)10-25-17(22)12-4-6-13(7-5-12)27(23,24)18-14(19)8-9-15(18)20/h3-7,11H,1,8-10H2,2H3. The summed E-state index contributed by atoms with van der Waals surface area (Å²) in [5.74, 6) is -2.98. The molecule has 1 heterocycles. The molecule has 9 nitrogen and oxygen atoms in total. The molecule has 0 aromatic heterocycles. The van der Waals surface area contributed by atoms with Gasteiger partial charge in [0.2, 0.25) is 11.8 Å². The first-order chi connectivity index (χ1) is 12.7. The lowest BCUT2D eigenvalue weighted by Crippen LogP contribution is -2.35. The van der Waals surface area contributed by atoms with Crippen LogP contribution in [0.2, 0.25) is 0 Å². The summed E-state index contributed by atoms with van der Waals surface area (Å²) < 4.78 is 34.9. The first kappa shape index (κ1) is 20.3. The second-order valence-electron chi connectivity index (χ2n) is 5.63.